The first-order valence-corrected chi connectivity index (χ1v) is 5.02. The van der Waals surface area contributed by atoms with Crippen molar-refractivity contribution < 1.29 is 4.39 Å². The molecular formula is C13H9FN2. The van der Waals surface area contributed by atoms with Crippen molar-refractivity contribution in [3.63, 3.8) is 0 Å². The van der Waals surface area contributed by atoms with Crippen molar-refractivity contribution in [2.45, 2.75) is 0 Å². The minimum Gasteiger partial charge on any atom is -0.278 e. The summed E-state index contributed by atoms with van der Waals surface area (Å²) in [7, 11) is 0. The van der Waals surface area contributed by atoms with Crippen molar-refractivity contribution in [2.75, 3.05) is 0 Å². The molecule has 0 radical (unpaired) electrons. The predicted octanol–water partition coefficient (Wildman–Crippen LogP) is 3.37. The van der Waals surface area contributed by atoms with Gasteiger partial charge >= 0.3 is 0 Å². The molecule has 0 saturated heterocycles. The number of benzene rings is 2. The van der Waals surface area contributed by atoms with Gasteiger partial charge in [-0.2, -0.15) is 5.10 Å². The second kappa shape index (κ2) is 3.45. The third-order valence-electron chi connectivity index (χ3n) is 2.62. The SMILES string of the molecule is Fc1ccc(-c2ccc3[nH]ncc3c2)cc1. The Morgan fingerprint density at radius 2 is 1.69 bits per heavy atom. The summed E-state index contributed by atoms with van der Waals surface area (Å²) in [6, 6.07) is 12.5. The Labute approximate surface area is 91.7 Å². The van der Waals surface area contributed by atoms with E-state index in [2.05, 4.69) is 10.2 Å². The summed E-state index contributed by atoms with van der Waals surface area (Å²) >= 11 is 0. The molecule has 3 heteroatoms. The molecular weight excluding hydrogens is 203 g/mol. The average Bonchev–Trinajstić information content (AvgIpc) is 2.77. The Morgan fingerprint density at radius 3 is 2.50 bits per heavy atom. The van der Waals surface area contributed by atoms with Crippen molar-refractivity contribution in [1.29, 1.82) is 0 Å². The van der Waals surface area contributed by atoms with Gasteiger partial charge in [0.15, 0.2) is 0 Å². The van der Waals surface area contributed by atoms with Crippen molar-refractivity contribution in [3.8, 4) is 11.1 Å². The molecule has 3 rings (SSSR count). The van der Waals surface area contributed by atoms with Gasteiger partial charge in [-0.3, -0.25) is 5.10 Å². The molecule has 16 heavy (non-hydrogen) atoms. The zero-order valence-corrected chi connectivity index (χ0v) is 8.44. The average molecular weight is 212 g/mol. The Hall–Kier alpha value is -2.16. The summed E-state index contributed by atoms with van der Waals surface area (Å²) < 4.78 is 12.8. The molecule has 3 aromatic rings. The third-order valence-corrected chi connectivity index (χ3v) is 2.62. The van der Waals surface area contributed by atoms with E-state index in [0.717, 1.165) is 22.0 Å². The van der Waals surface area contributed by atoms with E-state index in [9.17, 15) is 4.39 Å². The van der Waals surface area contributed by atoms with Crippen LogP contribution in [0.4, 0.5) is 4.39 Å². The maximum Gasteiger partial charge on any atom is 0.123 e. The highest BCUT2D eigenvalue weighted by molar-refractivity contribution is 5.83. The van der Waals surface area contributed by atoms with Crippen molar-refractivity contribution >= 4 is 10.9 Å². The van der Waals surface area contributed by atoms with Crippen LogP contribution in [0.3, 0.4) is 0 Å². The molecule has 0 aliphatic carbocycles. The number of rotatable bonds is 1. The number of nitrogens with zero attached hydrogens (tertiary/aromatic N) is 1. The van der Waals surface area contributed by atoms with Crippen molar-refractivity contribution in [2.24, 2.45) is 0 Å². The number of hydrogen-bond donors (Lipinski definition) is 1. The quantitative estimate of drug-likeness (QED) is 0.658. The first kappa shape index (κ1) is 9.09. The van der Waals surface area contributed by atoms with E-state index in [0.29, 0.717) is 0 Å². The summed E-state index contributed by atoms with van der Waals surface area (Å²) in [6.07, 6.45) is 1.78. The van der Waals surface area contributed by atoms with Crippen LogP contribution in [0.5, 0.6) is 0 Å². The van der Waals surface area contributed by atoms with Gasteiger partial charge < -0.3 is 0 Å². The largest absolute Gasteiger partial charge is 0.278 e. The van der Waals surface area contributed by atoms with Crippen LogP contribution in [0, 0.1) is 5.82 Å². The van der Waals surface area contributed by atoms with Gasteiger partial charge in [-0.05, 0) is 35.4 Å². The first-order chi connectivity index (χ1) is 7.83. The van der Waals surface area contributed by atoms with Gasteiger partial charge in [0.25, 0.3) is 0 Å². The van der Waals surface area contributed by atoms with Gasteiger partial charge in [-0.1, -0.05) is 18.2 Å². The number of aromatic nitrogens is 2. The van der Waals surface area contributed by atoms with Crippen LogP contribution in [-0.4, -0.2) is 10.2 Å². The molecule has 1 heterocycles. The van der Waals surface area contributed by atoms with Crippen LogP contribution in [-0.2, 0) is 0 Å². The fraction of sp³-hybridized carbons (Fsp3) is 0. The number of aromatic amines is 1. The van der Waals surface area contributed by atoms with Crippen LogP contribution in [0.1, 0.15) is 0 Å². The zero-order chi connectivity index (χ0) is 11.0. The molecule has 0 fully saturated rings. The number of halogens is 1. The lowest BCUT2D eigenvalue weighted by Gasteiger charge is -2.01. The lowest BCUT2D eigenvalue weighted by molar-refractivity contribution is 0.628. The molecule has 2 nitrogen and oxygen atoms in total. The Bertz CT molecular complexity index is 626. The molecule has 1 aromatic heterocycles. The summed E-state index contributed by atoms with van der Waals surface area (Å²) in [5.41, 5.74) is 3.07. The van der Waals surface area contributed by atoms with Crippen LogP contribution in [0.25, 0.3) is 22.0 Å². The number of hydrogen-bond acceptors (Lipinski definition) is 1. The molecule has 0 unspecified atom stereocenters. The molecule has 0 aliphatic heterocycles. The second-order valence-corrected chi connectivity index (χ2v) is 3.68. The molecule has 0 saturated carbocycles. The van der Waals surface area contributed by atoms with Crippen molar-refractivity contribution in [3.05, 3.63) is 54.5 Å². The lowest BCUT2D eigenvalue weighted by atomic mass is 10.0. The summed E-state index contributed by atoms with van der Waals surface area (Å²) in [6.45, 7) is 0. The zero-order valence-electron chi connectivity index (χ0n) is 8.44. The minimum atomic E-state index is -0.215. The summed E-state index contributed by atoms with van der Waals surface area (Å²) in [5, 5.41) is 7.92. The summed E-state index contributed by atoms with van der Waals surface area (Å²) in [5.74, 6) is -0.215. The molecule has 0 bridgehead atoms. The van der Waals surface area contributed by atoms with Crippen LogP contribution < -0.4 is 0 Å². The summed E-state index contributed by atoms with van der Waals surface area (Å²) in [4.78, 5) is 0. The smallest absolute Gasteiger partial charge is 0.123 e. The van der Waals surface area contributed by atoms with Gasteiger partial charge in [0, 0.05) is 5.39 Å². The fourth-order valence-corrected chi connectivity index (χ4v) is 1.76. The molecule has 0 spiro atoms. The second-order valence-electron chi connectivity index (χ2n) is 3.68. The van der Waals surface area contributed by atoms with Crippen LogP contribution >= 0.6 is 0 Å². The Balaban J connectivity index is 2.14. The molecule has 0 amide bonds. The Morgan fingerprint density at radius 1 is 0.938 bits per heavy atom. The number of H-pyrrole nitrogens is 1. The maximum atomic E-state index is 12.8. The van der Waals surface area contributed by atoms with Gasteiger partial charge in [-0.15, -0.1) is 0 Å². The molecule has 2 aromatic carbocycles. The highest BCUT2D eigenvalue weighted by Gasteiger charge is 2.00. The van der Waals surface area contributed by atoms with Crippen LogP contribution in [0.2, 0.25) is 0 Å². The normalized spacial score (nSPS) is 10.8. The highest BCUT2D eigenvalue weighted by atomic mass is 19.1. The van der Waals surface area contributed by atoms with E-state index >= 15 is 0 Å². The number of nitrogens with one attached hydrogen (secondary N) is 1. The van der Waals surface area contributed by atoms with E-state index in [1.807, 2.05) is 18.2 Å². The van der Waals surface area contributed by atoms with E-state index in [1.165, 1.54) is 12.1 Å². The lowest BCUT2D eigenvalue weighted by Crippen LogP contribution is -1.79. The standard InChI is InChI=1S/C13H9FN2/c14-12-4-1-9(2-5-12)10-3-6-13-11(7-10)8-15-16-13/h1-8H,(H,15,16). The van der Waals surface area contributed by atoms with Gasteiger partial charge in [0.2, 0.25) is 0 Å². The highest BCUT2D eigenvalue weighted by Crippen LogP contribution is 2.23. The van der Waals surface area contributed by atoms with Crippen LogP contribution in [0.15, 0.2) is 48.7 Å². The Kier molecular flexibility index (Phi) is 1.96. The topological polar surface area (TPSA) is 28.7 Å². The monoisotopic (exact) mass is 212 g/mol. The third kappa shape index (κ3) is 1.46. The van der Waals surface area contributed by atoms with E-state index in [-0.39, 0.29) is 5.82 Å². The first-order valence-electron chi connectivity index (χ1n) is 5.02. The fourth-order valence-electron chi connectivity index (χ4n) is 1.76. The molecule has 1 N–H and O–H groups in total. The van der Waals surface area contributed by atoms with Crippen molar-refractivity contribution in [1.82, 2.24) is 10.2 Å². The number of fused-ring (bicyclic) bond motifs is 1. The van der Waals surface area contributed by atoms with E-state index in [1.54, 1.807) is 18.3 Å². The van der Waals surface area contributed by atoms with Gasteiger partial charge in [0.05, 0.1) is 11.7 Å². The van der Waals surface area contributed by atoms with E-state index < -0.39 is 0 Å². The molecule has 0 aliphatic rings. The van der Waals surface area contributed by atoms with Gasteiger partial charge in [-0.25, -0.2) is 4.39 Å². The molecule has 0 atom stereocenters. The predicted molar refractivity (Wildman–Crippen MR) is 61.5 cm³/mol. The van der Waals surface area contributed by atoms with E-state index in [4.69, 9.17) is 0 Å². The molecule has 78 valence electrons. The van der Waals surface area contributed by atoms with Gasteiger partial charge in [0.1, 0.15) is 5.82 Å². The maximum absolute atomic E-state index is 12.8. The minimum absolute atomic E-state index is 0.215.